The first kappa shape index (κ1) is 17.7. The zero-order chi connectivity index (χ0) is 18.8. The van der Waals surface area contributed by atoms with Gasteiger partial charge in [0.15, 0.2) is 0 Å². The highest BCUT2D eigenvalue weighted by Gasteiger charge is 2.39. The molecule has 6 heteroatoms. The number of carboxylic acid groups (broad SMARTS) is 1. The summed E-state index contributed by atoms with van der Waals surface area (Å²) in [6, 6.07) is 11.6. The summed E-state index contributed by atoms with van der Waals surface area (Å²) in [7, 11) is 0. The number of aliphatic carboxylic acids is 1. The molecule has 0 radical (unpaired) electrons. The molecule has 3 rings (SSSR count). The fraction of sp³-hybridized carbons (Fsp3) is 0.250. The van der Waals surface area contributed by atoms with Gasteiger partial charge in [-0.25, -0.2) is 4.90 Å². The van der Waals surface area contributed by atoms with E-state index in [1.807, 2.05) is 32.0 Å². The second-order valence-corrected chi connectivity index (χ2v) is 6.45. The smallest absolute Gasteiger partial charge is 0.307 e. The first-order valence-electron chi connectivity index (χ1n) is 8.37. The van der Waals surface area contributed by atoms with Crippen molar-refractivity contribution in [3.05, 3.63) is 59.2 Å². The Kier molecular flexibility index (Phi) is 4.75. The van der Waals surface area contributed by atoms with Gasteiger partial charge in [-0.05, 0) is 48.7 Å². The van der Waals surface area contributed by atoms with Gasteiger partial charge < -0.3 is 10.4 Å². The summed E-state index contributed by atoms with van der Waals surface area (Å²) in [5.41, 5.74) is 4.07. The molecule has 0 bridgehead atoms. The number of carbonyl (C=O) groups excluding carboxylic acids is 2. The van der Waals surface area contributed by atoms with Gasteiger partial charge >= 0.3 is 5.97 Å². The Morgan fingerprint density at radius 1 is 1.15 bits per heavy atom. The fourth-order valence-electron chi connectivity index (χ4n) is 3.05. The Morgan fingerprint density at radius 2 is 1.85 bits per heavy atom. The number of nitrogens with zero attached hydrogens (tertiary/aromatic N) is 1. The van der Waals surface area contributed by atoms with Gasteiger partial charge in [-0.2, -0.15) is 0 Å². The third kappa shape index (κ3) is 3.44. The fourth-order valence-corrected chi connectivity index (χ4v) is 3.05. The van der Waals surface area contributed by atoms with Gasteiger partial charge in [-0.1, -0.05) is 24.3 Å². The van der Waals surface area contributed by atoms with Gasteiger partial charge in [0.1, 0.15) is 6.04 Å². The second-order valence-electron chi connectivity index (χ2n) is 6.45. The third-order valence-corrected chi connectivity index (χ3v) is 4.63. The highest BCUT2D eigenvalue weighted by Crippen LogP contribution is 2.27. The van der Waals surface area contributed by atoms with Crippen LogP contribution in [0.2, 0.25) is 0 Å². The van der Waals surface area contributed by atoms with Crippen LogP contribution >= 0.6 is 0 Å². The van der Waals surface area contributed by atoms with Crippen molar-refractivity contribution >= 4 is 29.2 Å². The molecule has 1 unspecified atom stereocenters. The van der Waals surface area contributed by atoms with Crippen LogP contribution in [-0.2, 0) is 20.8 Å². The van der Waals surface area contributed by atoms with Crippen molar-refractivity contribution < 1.29 is 19.5 Å². The van der Waals surface area contributed by atoms with Crippen molar-refractivity contribution in [2.24, 2.45) is 0 Å². The molecule has 2 aromatic rings. The molecular weight excluding hydrogens is 332 g/mol. The molecule has 1 aliphatic rings. The predicted octanol–water partition coefficient (Wildman–Crippen LogP) is 2.67. The summed E-state index contributed by atoms with van der Waals surface area (Å²) in [4.78, 5) is 37.0. The van der Waals surface area contributed by atoms with Crippen LogP contribution in [0.1, 0.15) is 23.1 Å². The van der Waals surface area contributed by atoms with Crippen LogP contribution < -0.4 is 10.2 Å². The van der Waals surface area contributed by atoms with Crippen molar-refractivity contribution in [2.45, 2.75) is 32.7 Å². The van der Waals surface area contributed by atoms with Crippen LogP contribution in [0.3, 0.4) is 0 Å². The van der Waals surface area contributed by atoms with E-state index in [0.29, 0.717) is 11.3 Å². The molecule has 0 aromatic heterocycles. The maximum atomic E-state index is 12.7. The van der Waals surface area contributed by atoms with Crippen LogP contribution in [0.25, 0.3) is 0 Å². The lowest BCUT2D eigenvalue weighted by molar-refractivity contribution is -0.136. The van der Waals surface area contributed by atoms with Gasteiger partial charge in [0, 0.05) is 5.69 Å². The average molecular weight is 352 g/mol. The predicted molar refractivity (Wildman–Crippen MR) is 98.2 cm³/mol. The van der Waals surface area contributed by atoms with Crippen LogP contribution in [0.5, 0.6) is 0 Å². The lowest BCUT2D eigenvalue weighted by Crippen LogP contribution is -2.35. The molecule has 134 valence electrons. The summed E-state index contributed by atoms with van der Waals surface area (Å²) in [5.74, 6) is -1.51. The monoisotopic (exact) mass is 352 g/mol. The quantitative estimate of drug-likeness (QED) is 0.808. The number of carboxylic acids is 1. The van der Waals surface area contributed by atoms with Crippen LogP contribution in [0.15, 0.2) is 42.5 Å². The average Bonchev–Trinajstić information content (AvgIpc) is 2.86. The first-order chi connectivity index (χ1) is 12.4. The van der Waals surface area contributed by atoms with E-state index in [0.717, 1.165) is 21.7 Å². The minimum absolute atomic E-state index is 0.0864. The van der Waals surface area contributed by atoms with E-state index in [2.05, 4.69) is 5.32 Å². The highest BCUT2D eigenvalue weighted by atomic mass is 16.4. The molecule has 2 N–H and O–H groups in total. The number of imide groups is 1. The molecule has 1 saturated heterocycles. The molecule has 6 nitrogen and oxygen atoms in total. The Balaban J connectivity index is 1.78. The normalized spacial score (nSPS) is 16.8. The van der Waals surface area contributed by atoms with Gasteiger partial charge in [0.2, 0.25) is 5.91 Å². The molecule has 1 aliphatic heterocycles. The summed E-state index contributed by atoms with van der Waals surface area (Å²) in [6.07, 6.45) is -0.0118. The molecule has 26 heavy (non-hydrogen) atoms. The third-order valence-electron chi connectivity index (χ3n) is 4.63. The summed E-state index contributed by atoms with van der Waals surface area (Å²) in [5, 5.41) is 12.0. The van der Waals surface area contributed by atoms with Gasteiger partial charge in [-0.15, -0.1) is 0 Å². The number of anilines is 2. The largest absolute Gasteiger partial charge is 0.481 e. The number of rotatable bonds is 5. The van der Waals surface area contributed by atoms with Crippen LogP contribution in [0.4, 0.5) is 11.4 Å². The number of aryl methyl sites for hydroxylation is 1. The molecule has 0 saturated carbocycles. The van der Waals surface area contributed by atoms with Crippen LogP contribution in [-0.4, -0.2) is 28.9 Å². The molecule has 0 spiro atoms. The van der Waals surface area contributed by atoms with E-state index < -0.39 is 12.0 Å². The number of hydrogen-bond donors (Lipinski definition) is 2. The Labute approximate surface area is 151 Å². The molecule has 1 atom stereocenters. The molecular formula is C20H20N2O4. The number of carbonyl (C=O) groups is 3. The molecule has 1 heterocycles. The summed E-state index contributed by atoms with van der Waals surface area (Å²) < 4.78 is 0. The van der Waals surface area contributed by atoms with Crippen molar-refractivity contribution in [1.82, 2.24) is 0 Å². The number of benzene rings is 2. The van der Waals surface area contributed by atoms with Crippen molar-refractivity contribution in [3.63, 3.8) is 0 Å². The lowest BCUT2D eigenvalue weighted by Gasteiger charge is -2.18. The summed E-state index contributed by atoms with van der Waals surface area (Å²) >= 11 is 0. The molecule has 2 aromatic carbocycles. The van der Waals surface area contributed by atoms with Crippen molar-refractivity contribution in [2.75, 3.05) is 10.2 Å². The van der Waals surface area contributed by atoms with Crippen LogP contribution in [0, 0.1) is 13.8 Å². The lowest BCUT2D eigenvalue weighted by atomic mass is 10.1. The number of amides is 2. The van der Waals surface area contributed by atoms with Gasteiger partial charge in [0.25, 0.3) is 5.91 Å². The first-order valence-corrected chi connectivity index (χ1v) is 8.37. The maximum absolute atomic E-state index is 12.7. The Hall–Kier alpha value is -3.15. The second kappa shape index (κ2) is 7.00. The van der Waals surface area contributed by atoms with E-state index >= 15 is 0 Å². The molecule has 2 amide bonds. The van der Waals surface area contributed by atoms with E-state index in [4.69, 9.17) is 5.11 Å². The minimum atomic E-state index is -0.927. The van der Waals surface area contributed by atoms with E-state index in [-0.39, 0.29) is 24.7 Å². The van der Waals surface area contributed by atoms with Crippen molar-refractivity contribution in [1.29, 1.82) is 0 Å². The molecule has 0 aliphatic carbocycles. The topological polar surface area (TPSA) is 86.7 Å². The van der Waals surface area contributed by atoms with Crippen molar-refractivity contribution in [3.8, 4) is 0 Å². The number of hydrogen-bond acceptors (Lipinski definition) is 4. The number of nitrogens with one attached hydrogen (secondary N) is 1. The SMILES string of the molecule is Cc1cccc(NC2CC(=O)N(c3ccc(CC(=O)O)cc3)C2=O)c1C. The molecule has 1 fully saturated rings. The Morgan fingerprint density at radius 3 is 2.50 bits per heavy atom. The summed E-state index contributed by atoms with van der Waals surface area (Å²) in [6.45, 7) is 3.96. The minimum Gasteiger partial charge on any atom is -0.481 e. The van der Waals surface area contributed by atoms with Gasteiger partial charge in [-0.3, -0.25) is 14.4 Å². The zero-order valence-corrected chi connectivity index (χ0v) is 14.7. The maximum Gasteiger partial charge on any atom is 0.307 e. The standard InChI is InChI=1S/C20H20N2O4/c1-12-4-3-5-16(13(12)2)21-17-11-18(23)22(20(17)26)15-8-6-14(7-9-15)10-19(24)25/h3-9,17,21H,10-11H2,1-2H3,(H,24,25). The van der Waals surface area contributed by atoms with E-state index in [1.165, 1.54) is 0 Å². The van der Waals surface area contributed by atoms with E-state index in [9.17, 15) is 14.4 Å². The van der Waals surface area contributed by atoms with Gasteiger partial charge in [0.05, 0.1) is 18.5 Å². The van der Waals surface area contributed by atoms with E-state index in [1.54, 1.807) is 24.3 Å². The highest BCUT2D eigenvalue weighted by molar-refractivity contribution is 6.23. The Bertz CT molecular complexity index is 874. The zero-order valence-electron chi connectivity index (χ0n) is 14.7.